The summed E-state index contributed by atoms with van der Waals surface area (Å²) >= 11 is 0. The lowest BCUT2D eigenvalue weighted by Gasteiger charge is -2.02. The number of amides is 1. The average Bonchev–Trinajstić information content (AvgIpc) is 2.47. The molecule has 5 nitrogen and oxygen atoms in total. The number of carbonyl (C=O) groups excluding carboxylic acids is 1. The minimum atomic E-state index is -2.99. The summed E-state index contributed by atoms with van der Waals surface area (Å²) in [6, 6.07) is 0. The Bertz CT molecular complexity index is 299. The Morgan fingerprint density at radius 2 is 2.46 bits per heavy atom. The minimum absolute atomic E-state index is 0.0420. The van der Waals surface area contributed by atoms with Crippen LogP contribution in [0.1, 0.15) is 5.82 Å². The van der Waals surface area contributed by atoms with Crippen LogP contribution in [0.5, 0.6) is 0 Å². The van der Waals surface area contributed by atoms with Crippen molar-refractivity contribution in [3.63, 3.8) is 0 Å². The molecule has 1 heterocycles. The lowest BCUT2D eigenvalue weighted by Crippen LogP contribution is -2.29. The standard InChI is InChI=1S/C6H8F2N4O/c1-12-3-10-11-4(12)2-9-6(13)5(7)8/h3,5H,2H2,1H3,(H,9,13). The molecule has 1 N–H and O–H groups in total. The zero-order valence-corrected chi connectivity index (χ0v) is 6.87. The fourth-order valence-corrected chi connectivity index (χ4v) is 0.710. The first kappa shape index (κ1) is 9.56. The molecule has 0 saturated heterocycles. The summed E-state index contributed by atoms with van der Waals surface area (Å²) in [6.45, 7) is -0.0420. The minimum Gasteiger partial charge on any atom is -0.344 e. The van der Waals surface area contributed by atoms with Gasteiger partial charge in [-0.2, -0.15) is 8.78 Å². The molecule has 0 aliphatic heterocycles. The van der Waals surface area contributed by atoms with E-state index >= 15 is 0 Å². The number of alkyl halides is 2. The average molecular weight is 190 g/mol. The van der Waals surface area contributed by atoms with E-state index in [0.29, 0.717) is 5.82 Å². The van der Waals surface area contributed by atoms with Gasteiger partial charge in [-0.15, -0.1) is 10.2 Å². The second kappa shape index (κ2) is 3.92. The van der Waals surface area contributed by atoms with Gasteiger partial charge < -0.3 is 9.88 Å². The van der Waals surface area contributed by atoms with E-state index in [2.05, 4.69) is 10.2 Å². The van der Waals surface area contributed by atoms with Crippen molar-refractivity contribution in [1.82, 2.24) is 20.1 Å². The molecule has 0 aliphatic rings. The summed E-state index contributed by atoms with van der Waals surface area (Å²) in [4.78, 5) is 10.4. The Hall–Kier alpha value is -1.53. The van der Waals surface area contributed by atoms with Gasteiger partial charge in [0.2, 0.25) is 0 Å². The van der Waals surface area contributed by atoms with Crippen LogP contribution in [0.4, 0.5) is 8.78 Å². The van der Waals surface area contributed by atoms with Crippen LogP contribution in [0.3, 0.4) is 0 Å². The van der Waals surface area contributed by atoms with E-state index in [-0.39, 0.29) is 6.54 Å². The lowest BCUT2D eigenvalue weighted by atomic mass is 10.5. The third-order valence-corrected chi connectivity index (χ3v) is 1.42. The van der Waals surface area contributed by atoms with Crippen molar-refractivity contribution >= 4 is 5.91 Å². The molecular formula is C6H8F2N4O. The molecule has 1 aromatic heterocycles. The molecule has 0 fully saturated rings. The second-order valence-electron chi connectivity index (χ2n) is 2.38. The molecule has 1 amide bonds. The van der Waals surface area contributed by atoms with Gasteiger partial charge in [-0.25, -0.2) is 0 Å². The van der Waals surface area contributed by atoms with Crippen LogP contribution in [0.2, 0.25) is 0 Å². The van der Waals surface area contributed by atoms with Crippen molar-refractivity contribution in [3.05, 3.63) is 12.2 Å². The van der Waals surface area contributed by atoms with Gasteiger partial charge in [-0.1, -0.05) is 0 Å². The number of aryl methyl sites for hydroxylation is 1. The van der Waals surface area contributed by atoms with Gasteiger partial charge in [0.15, 0.2) is 5.82 Å². The Labute approximate surface area is 72.8 Å². The Kier molecular flexibility index (Phi) is 2.88. The van der Waals surface area contributed by atoms with Crippen LogP contribution < -0.4 is 5.32 Å². The number of aromatic nitrogens is 3. The molecule has 72 valence electrons. The molecule has 0 radical (unpaired) electrons. The summed E-state index contributed by atoms with van der Waals surface area (Å²) < 4.78 is 24.9. The highest BCUT2D eigenvalue weighted by Gasteiger charge is 2.14. The van der Waals surface area contributed by atoms with Crippen LogP contribution >= 0.6 is 0 Å². The molecule has 0 atom stereocenters. The van der Waals surface area contributed by atoms with E-state index in [0.717, 1.165) is 0 Å². The van der Waals surface area contributed by atoms with Crippen molar-refractivity contribution in [2.75, 3.05) is 0 Å². The zero-order chi connectivity index (χ0) is 9.84. The van der Waals surface area contributed by atoms with Crippen molar-refractivity contribution in [2.24, 2.45) is 7.05 Å². The summed E-state index contributed by atoms with van der Waals surface area (Å²) in [5.41, 5.74) is 0. The topological polar surface area (TPSA) is 59.8 Å². The van der Waals surface area contributed by atoms with Crippen LogP contribution in [-0.4, -0.2) is 27.1 Å². The number of rotatable bonds is 3. The first-order valence-electron chi connectivity index (χ1n) is 3.50. The molecule has 0 saturated carbocycles. The molecule has 13 heavy (non-hydrogen) atoms. The summed E-state index contributed by atoms with van der Waals surface area (Å²) in [5.74, 6) is -0.878. The van der Waals surface area contributed by atoms with E-state index in [1.165, 1.54) is 10.9 Å². The maximum absolute atomic E-state index is 11.7. The highest BCUT2D eigenvalue weighted by molar-refractivity contribution is 5.78. The van der Waals surface area contributed by atoms with Crippen molar-refractivity contribution in [2.45, 2.75) is 13.0 Å². The molecular weight excluding hydrogens is 182 g/mol. The smallest absolute Gasteiger partial charge is 0.315 e. The lowest BCUT2D eigenvalue weighted by molar-refractivity contribution is -0.131. The van der Waals surface area contributed by atoms with E-state index in [9.17, 15) is 13.6 Å². The summed E-state index contributed by atoms with van der Waals surface area (Å²) in [7, 11) is 1.66. The van der Waals surface area contributed by atoms with E-state index in [1.807, 2.05) is 5.32 Å². The fraction of sp³-hybridized carbons (Fsp3) is 0.500. The van der Waals surface area contributed by atoms with E-state index in [1.54, 1.807) is 7.05 Å². The van der Waals surface area contributed by atoms with Crippen molar-refractivity contribution < 1.29 is 13.6 Å². The summed E-state index contributed by atoms with van der Waals surface area (Å²) in [5, 5.41) is 9.13. The first-order valence-corrected chi connectivity index (χ1v) is 3.50. The molecule has 0 aliphatic carbocycles. The predicted molar refractivity (Wildman–Crippen MR) is 38.9 cm³/mol. The summed E-state index contributed by atoms with van der Waals surface area (Å²) in [6.07, 6.45) is -1.57. The van der Waals surface area contributed by atoms with Gasteiger partial charge in [0.05, 0.1) is 6.54 Å². The monoisotopic (exact) mass is 190 g/mol. The quantitative estimate of drug-likeness (QED) is 0.711. The number of hydrogen-bond donors (Lipinski definition) is 1. The molecule has 7 heteroatoms. The number of nitrogens with zero attached hydrogens (tertiary/aromatic N) is 3. The van der Waals surface area contributed by atoms with Crippen LogP contribution in [-0.2, 0) is 18.4 Å². The Morgan fingerprint density at radius 1 is 1.77 bits per heavy atom. The normalized spacial score (nSPS) is 10.5. The van der Waals surface area contributed by atoms with Crippen LogP contribution in [0.25, 0.3) is 0 Å². The van der Waals surface area contributed by atoms with Gasteiger partial charge in [0.1, 0.15) is 6.33 Å². The second-order valence-corrected chi connectivity index (χ2v) is 2.38. The SMILES string of the molecule is Cn1cnnc1CNC(=O)C(F)F. The third-order valence-electron chi connectivity index (χ3n) is 1.42. The molecule has 0 spiro atoms. The highest BCUT2D eigenvalue weighted by Crippen LogP contribution is 1.94. The van der Waals surface area contributed by atoms with Gasteiger partial charge in [-0.3, -0.25) is 4.79 Å². The fourth-order valence-electron chi connectivity index (χ4n) is 0.710. The van der Waals surface area contributed by atoms with Gasteiger partial charge in [0.25, 0.3) is 5.91 Å². The predicted octanol–water partition coefficient (Wildman–Crippen LogP) is -0.304. The number of carbonyl (C=O) groups is 1. The van der Waals surface area contributed by atoms with Gasteiger partial charge in [-0.05, 0) is 0 Å². The molecule has 1 rings (SSSR count). The van der Waals surface area contributed by atoms with E-state index in [4.69, 9.17) is 0 Å². The zero-order valence-electron chi connectivity index (χ0n) is 6.87. The maximum Gasteiger partial charge on any atom is 0.315 e. The maximum atomic E-state index is 11.7. The number of hydrogen-bond acceptors (Lipinski definition) is 3. The van der Waals surface area contributed by atoms with Crippen LogP contribution in [0.15, 0.2) is 6.33 Å². The Morgan fingerprint density at radius 3 is 2.92 bits per heavy atom. The molecule has 0 aromatic carbocycles. The third kappa shape index (κ3) is 2.46. The number of nitrogens with one attached hydrogen (secondary N) is 1. The largest absolute Gasteiger partial charge is 0.344 e. The van der Waals surface area contributed by atoms with E-state index < -0.39 is 12.3 Å². The first-order chi connectivity index (χ1) is 6.11. The molecule has 0 bridgehead atoms. The van der Waals surface area contributed by atoms with Crippen molar-refractivity contribution in [3.8, 4) is 0 Å². The molecule has 0 unspecified atom stereocenters. The van der Waals surface area contributed by atoms with Crippen LogP contribution in [0, 0.1) is 0 Å². The number of halogens is 2. The molecule has 1 aromatic rings. The Balaban J connectivity index is 2.44. The van der Waals surface area contributed by atoms with Gasteiger partial charge >= 0.3 is 6.43 Å². The van der Waals surface area contributed by atoms with Crippen molar-refractivity contribution in [1.29, 1.82) is 0 Å². The highest BCUT2D eigenvalue weighted by atomic mass is 19.3. The van der Waals surface area contributed by atoms with Gasteiger partial charge in [0, 0.05) is 7.05 Å².